The number of benzene rings is 1. The number of hydrogen-bond donors (Lipinski definition) is 1. The lowest BCUT2D eigenvalue weighted by Gasteiger charge is -1.86. The summed E-state index contributed by atoms with van der Waals surface area (Å²) in [5.41, 5.74) is 0.653. The molecule has 0 radical (unpaired) electrons. The van der Waals surface area contributed by atoms with Gasteiger partial charge in [0.05, 0.1) is 10.2 Å². The minimum absolute atomic E-state index is 0.117. The lowest BCUT2D eigenvalue weighted by molar-refractivity contribution is 0.246. The maximum absolute atomic E-state index is 13.0. The summed E-state index contributed by atoms with van der Waals surface area (Å²) < 4.78 is 19.3. The van der Waals surface area contributed by atoms with Gasteiger partial charge >= 0.3 is 0 Å². The Hall–Kier alpha value is -1.98. The van der Waals surface area contributed by atoms with E-state index in [1.807, 2.05) is 6.08 Å². The third-order valence-electron chi connectivity index (χ3n) is 2.59. The molecule has 3 rings (SSSR count). The number of aliphatic hydroxyl groups is 1. The first-order valence-electron chi connectivity index (χ1n) is 5.68. The number of rotatable bonds is 3. The van der Waals surface area contributed by atoms with E-state index in [0.717, 1.165) is 9.71 Å². The van der Waals surface area contributed by atoms with Crippen LogP contribution in [0, 0.1) is 5.82 Å². The molecule has 0 saturated carbocycles. The Morgan fingerprint density at radius 2 is 2.16 bits per heavy atom. The Labute approximate surface area is 112 Å². The molecule has 0 fully saturated rings. The fourth-order valence-electron chi connectivity index (χ4n) is 1.71. The minimum atomic E-state index is -0.285. The van der Waals surface area contributed by atoms with E-state index in [1.54, 1.807) is 24.3 Å². The summed E-state index contributed by atoms with van der Waals surface area (Å²) in [6, 6.07) is 8.05. The van der Waals surface area contributed by atoms with Crippen LogP contribution < -0.4 is 0 Å². The van der Waals surface area contributed by atoms with E-state index in [1.165, 1.54) is 23.5 Å². The highest BCUT2D eigenvalue weighted by atomic mass is 32.1. The molecule has 96 valence electrons. The molecule has 5 heteroatoms. The molecule has 1 aromatic carbocycles. The van der Waals surface area contributed by atoms with Crippen molar-refractivity contribution >= 4 is 33.7 Å². The number of halogens is 1. The van der Waals surface area contributed by atoms with Gasteiger partial charge in [0.25, 0.3) is 0 Å². The molecule has 3 nitrogen and oxygen atoms in total. The molecule has 1 N–H and O–H groups in total. The number of thiazole rings is 1. The minimum Gasteiger partial charge on any atom is -0.459 e. The zero-order valence-electron chi connectivity index (χ0n) is 9.84. The standard InChI is InChI=1S/C14H10FNO2S/c15-9-1-5-13-12(7-9)16-14(19-13)6-4-10-2-3-11(8-17)18-10/h1-7,17H,8H2/b6-4+. The first-order valence-corrected chi connectivity index (χ1v) is 6.50. The van der Waals surface area contributed by atoms with Gasteiger partial charge in [-0.3, -0.25) is 0 Å². The van der Waals surface area contributed by atoms with Crippen molar-refractivity contribution in [1.82, 2.24) is 4.98 Å². The van der Waals surface area contributed by atoms with Gasteiger partial charge in [0.2, 0.25) is 0 Å². The van der Waals surface area contributed by atoms with Crippen molar-refractivity contribution in [2.75, 3.05) is 0 Å². The van der Waals surface area contributed by atoms with Crippen LogP contribution >= 0.6 is 11.3 Å². The SMILES string of the molecule is OCc1ccc(/C=C/c2nc3cc(F)ccc3s2)o1. The summed E-state index contributed by atoms with van der Waals surface area (Å²) in [7, 11) is 0. The molecule has 0 aliphatic carbocycles. The van der Waals surface area contributed by atoms with Crippen molar-refractivity contribution in [2.45, 2.75) is 6.61 Å². The molecule has 0 aliphatic heterocycles. The Morgan fingerprint density at radius 3 is 2.95 bits per heavy atom. The lowest BCUT2D eigenvalue weighted by Crippen LogP contribution is -1.74. The van der Waals surface area contributed by atoms with Crippen molar-refractivity contribution in [3.8, 4) is 0 Å². The zero-order chi connectivity index (χ0) is 13.2. The van der Waals surface area contributed by atoms with Crippen molar-refractivity contribution in [3.63, 3.8) is 0 Å². The first-order chi connectivity index (χ1) is 9.24. The number of aliphatic hydroxyl groups excluding tert-OH is 1. The molecule has 0 aliphatic rings. The zero-order valence-corrected chi connectivity index (χ0v) is 10.7. The van der Waals surface area contributed by atoms with E-state index in [0.29, 0.717) is 17.0 Å². The van der Waals surface area contributed by atoms with Gasteiger partial charge in [-0.1, -0.05) is 0 Å². The Morgan fingerprint density at radius 1 is 1.26 bits per heavy atom. The maximum atomic E-state index is 13.0. The van der Waals surface area contributed by atoms with Crippen LogP contribution in [-0.2, 0) is 6.61 Å². The molecule has 0 unspecified atom stereocenters. The highest BCUT2D eigenvalue weighted by Crippen LogP contribution is 2.24. The molecule has 19 heavy (non-hydrogen) atoms. The quantitative estimate of drug-likeness (QED) is 0.793. The summed E-state index contributed by atoms with van der Waals surface area (Å²) in [4.78, 5) is 4.32. The van der Waals surface area contributed by atoms with Crippen LogP contribution in [-0.4, -0.2) is 10.1 Å². The second-order valence-corrected chi connectivity index (χ2v) is 5.02. The molecule has 2 heterocycles. The number of hydrogen-bond acceptors (Lipinski definition) is 4. The predicted molar refractivity (Wildman–Crippen MR) is 73.1 cm³/mol. The van der Waals surface area contributed by atoms with Gasteiger partial charge in [0.1, 0.15) is 29.0 Å². The van der Waals surface area contributed by atoms with Gasteiger partial charge in [-0.25, -0.2) is 9.37 Å². The molecule has 0 saturated heterocycles. The fourth-order valence-corrected chi connectivity index (χ4v) is 2.56. The van der Waals surface area contributed by atoms with Crippen molar-refractivity contribution < 1.29 is 13.9 Å². The predicted octanol–water partition coefficient (Wildman–Crippen LogP) is 3.69. The van der Waals surface area contributed by atoms with Crippen molar-refractivity contribution in [3.05, 3.63) is 52.7 Å². The van der Waals surface area contributed by atoms with Crippen LogP contribution in [0.25, 0.3) is 22.4 Å². The average Bonchev–Trinajstić information content (AvgIpc) is 3.01. The summed E-state index contributed by atoms with van der Waals surface area (Å²) in [6.45, 7) is -0.117. The summed E-state index contributed by atoms with van der Waals surface area (Å²) in [5.74, 6) is 0.882. The average molecular weight is 275 g/mol. The monoisotopic (exact) mass is 275 g/mol. The van der Waals surface area contributed by atoms with Crippen LogP contribution in [0.3, 0.4) is 0 Å². The van der Waals surface area contributed by atoms with Gasteiger partial charge in [-0.05, 0) is 36.4 Å². The molecule has 0 bridgehead atoms. The number of aromatic nitrogens is 1. The fraction of sp³-hybridized carbons (Fsp3) is 0.0714. The highest BCUT2D eigenvalue weighted by Gasteiger charge is 2.03. The summed E-state index contributed by atoms with van der Waals surface area (Å²) >= 11 is 1.48. The Kier molecular flexibility index (Phi) is 3.15. The van der Waals surface area contributed by atoms with Gasteiger partial charge < -0.3 is 9.52 Å². The second kappa shape index (κ2) is 4.95. The molecular formula is C14H10FNO2S. The van der Waals surface area contributed by atoms with Crippen LogP contribution in [0.1, 0.15) is 16.5 Å². The van der Waals surface area contributed by atoms with Crippen LogP contribution in [0.4, 0.5) is 4.39 Å². The number of furan rings is 1. The van der Waals surface area contributed by atoms with Gasteiger partial charge in [0.15, 0.2) is 0 Å². The van der Waals surface area contributed by atoms with Gasteiger partial charge in [-0.15, -0.1) is 11.3 Å². The molecule has 2 aromatic heterocycles. The lowest BCUT2D eigenvalue weighted by atomic mass is 10.3. The van der Waals surface area contributed by atoms with Gasteiger partial charge in [-0.2, -0.15) is 0 Å². The molecular weight excluding hydrogens is 265 g/mol. The normalized spacial score (nSPS) is 11.7. The topological polar surface area (TPSA) is 46.3 Å². The van der Waals surface area contributed by atoms with E-state index in [9.17, 15) is 4.39 Å². The van der Waals surface area contributed by atoms with Crippen LogP contribution in [0.15, 0.2) is 34.7 Å². The van der Waals surface area contributed by atoms with E-state index in [-0.39, 0.29) is 12.4 Å². The van der Waals surface area contributed by atoms with Crippen LogP contribution in [0.5, 0.6) is 0 Å². The first kappa shape index (κ1) is 12.1. The molecule has 0 spiro atoms. The molecule has 0 amide bonds. The second-order valence-electron chi connectivity index (χ2n) is 3.96. The van der Waals surface area contributed by atoms with Gasteiger partial charge in [0, 0.05) is 6.07 Å². The van der Waals surface area contributed by atoms with Crippen molar-refractivity contribution in [1.29, 1.82) is 0 Å². The smallest absolute Gasteiger partial charge is 0.130 e. The largest absolute Gasteiger partial charge is 0.459 e. The van der Waals surface area contributed by atoms with E-state index in [2.05, 4.69) is 4.98 Å². The summed E-state index contributed by atoms with van der Waals surface area (Å²) in [6.07, 6.45) is 3.58. The maximum Gasteiger partial charge on any atom is 0.130 e. The number of nitrogens with zero attached hydrogens (tertiary/aromatic N) is 1. The Bertz CT molecular complexity index is 745. The van der Waals surface area contributed by atoms with E-state index >= 15 is 0 Å². The van der Waals surface area contributed by atoms with E-state index in [4.69, 9.17) is 9.52 Å². The van der Waals surface area contributed by atoms with E-state index < -0.39 is 0 Å². The summed E-state index contributed by atoms with van der Waals surface area (Å²) in [5, 5.41) is 9.67. The third-order valence-corrected chi connectivity index (χ3v) is 3.60. The third kappa shape index (κ3) is 2.57. The number of fused-ring (bicyclic) bond motifs is 1. The highest BCUT2D eigenvalue weighted by molar-refractivity contribution is 7.19. The van der Waals surface area contributed by atoms with Crippen molar-refractivity contribution in [2.24, 2.45) is 0 Å². The molecule has 0 atom stereocenters. The molecule has 3 aromatic rings. The van der Waals surface area contributed by atoms with Crippen LogP contribution in [0.2, 0.25) is 0 Å². The Balaban J connectivity index is 1.88.